The van der Waals surface area contributed by atoms with Gasteiger partial charge in [-0.3, -0.25) is 4.90 Å². The van der Waals surface area contributed by atoms with Gasteiger partial charge in [-0.25, -0.2) is 0 Å². The minimum Gasteiger partial charge on any atom is -0.377 e. The van der Waals surface area contributed by atoms with E-state index in [0.29, 0.717) is 6.10 Å². The average molecular weight is 268 g/mol. The Morgan fingerprint density at radius 3 is 2.63 bits per heavy atom. The third-order valence-electron chi connectivity index (χ3n) is 5.19. The van der Waals surface area contributed by atoms with Gasteiger partial charge >= 0.3 is 0 Å². The first-order valence-electron chi connectivity index (χ1n) is 8.27. The first-order chi connectivity index (χ1) is 9.20. The van der Waals surface area contributed by atoms with Gasteiger partial charge in [0.2, 0.25) is 0 Å². The fraction of sp³-hybridized carbons (Fsp3) is 1.00. The summed E-state index contributed by atoms with van der Waals surface area (Å²) in [6.45, 7) is 8.61. The molecule has 2 rings (SSSR count). The van der Waals surface area contributed by atoms with Gasteiger partial charge in [-0.2, -0.15) is 0 Å². The highest BCUT2D eigenvalue weighted by Gasteiger charge is 2.40. The lowest BCUT2D eigenvalue weighted by Crippen LogP contribution is -2.59. The summed E-state index contributed by atoms with van der Waals surface area (Å²) in [6.07, 6.45) is 9.31. The highest BCUT2D eigenvalue weighted by Crippen LogP contribution is 2.37. The lowest BCUT2D eigenvalue weighted by atomic mass is 9.75. The Bertz CT molecular complexity index is 261. The second kappa shape index (κ2) is 7.05. The predicted molar refractivity (Wildman–Crippen MR) is 80.3 cm³/mol. The molecule has 0 aromatic carbocycles. The molecular weight excluding hydrogens is 236 g/mol. The molecule has 0 radical (unpaired) electrons. The third kappa shape index (κ3) is 3.71. The van der Waals surface area contributed by atoms with E-state index in [9.17, 15) is 0 Å². The van der Waals surface area contributed by atoms with Gasteiger partial charge in [-0.1, -0.05) is 13.8 Å². The van der Waals surface area contributed by atoms with Crippen LogP contribution in [0.1, 0.15) is 58.8 Å². The van der Waals surface area contributed by atoms with Crippen molar-refractivity contribution in [2.45, 2.75) is 70.4 Å². The van der Waals surface area contributed by atoms with Crippen LogP contribution >= 0.6 is 0 Å². The van der Waals surface area contributed by atoms with Crippen LogP contribution in [-0.4, -0.2) is 42.8 Å². The van der Waals surface area contributed by atoms with Gasteiger partial charge in [0.1, 0.15) is 0 Å². The molecule has 19 heavy (non-hydrogen) atoms. The predicted octanol–water partition coefficient (Wildman–Crippen LogP) is 2.79. The molecule has 0 bridgehead atoms. The Balaban J connectivity index is 1.94. The van der Waals surface area contributed by atoms with E-state index in [2.05, 4.69) is 18.7 Å². The minimum absolute atomic E-state index is 0.279. The highest BCUT2D eigenvalue weighted by molar-refractivity contribution is 4.97. The largest absolute Gasteiger partial charge is 0.377 e. The molecule has 3 nitrogen and oxygen atoms in total. The van der Waals surface area contributed by atoms with Gasteiger partial charge in [-0.15, -0.1) is 0 Å². The summed E-state index contributed by atoms with van der Waals surface area (Å²) in [5.41, 5.74) is 6.46. The van der Waals surface area contributed by atoms with Crippen LogP contribution in [-0.2, 0) is 4.74 Å². The molecule has 1 aliphatic carbocycles. The van der Waals surface area contributed by atoms with Crippen molar-refractivity contribution >= 4 is 0 Å². The standard InChI is InChI=1S/C16H32N2O/c1-3-11-19-15-5-4-10-18(12-15)16(13-17)8-6-14(2)7-9-16/h14-15H,3-13,17H2,1-2H3. The highest BCUT2D eigenvalue weighted by atomic mass is 16.5. The summed E-state index contributed by atoms with van der Waals surface area (Å²) >= 11 is 0. The molecule has 1 unspecified atom stereocenters. The Morgan fingerprint density at radius 1 is 1.26 bits per heavy atom. The van der Waals surface area contributed by atoms with Gasteiger partial charge in [0.05, 0.1) is 6.10 Å². The van der Waals surface area contributed by atoms with Crippen LogP contribution in [0.4, 0.5) is 0 Å². The van der Waals surface area contributed by atoms with Crippen LogP contribution in [0, 0.1) is 5.92 Å². The summed E-state index contributed by atoms with van der Waals surface area (Å²) in [5, 5.41) is 0. The molecule has 0 aromatic heterocycles. The van der Waals surface area contributed by atoms with Gasteiger partial charge in [-0.05, 0) is 57.4 Å². The monoisotopic (exact) mass is 268 g/mol. The molecule has 1 heterocycles. The van der Waals surface area contributed by atoms with Gasteiger partial charge in [0.25, 0.3) is 0 Å². The zero-order valence-corrected chi connectivity index (χ0v) is 12.9. The van der Waals surface area contributed by atoms with E-state index < -0.39 is 0 Å². The lowest BCUT2D eigenvalue weighted by molar-refractivity contribution is -0.0497. The van der Waals surface area contributed by atoms with Crippen molar-refractivity contribution in [3.8, 4) is 0 Å². The molecular formula is C16H32N2O. The van der Waals surface area contributed by atoms with Crippen molar-refractivity contribution in [2.24, 2.45) is 11.7 Å². The molecule has 112 valence electrons. The van der Waals surface area contributed by atoms with Crippen molar-refractivity contribution < 1.29 is 4.74 Å². The van der Waals surface area contributed by atoms with E-state index in [4.69, 9.17) is 10.5 Å². The van der Waals surface area contributed by atoms with Crippen molar-refractivity contribution in [3.63, 3.8) is 0 Å². The van der Waals surface area contributed by atoms with Crippen molar-refractivity contribution in [3.05, 3.63) is 0 Å². The number of likely N-dealkylation sites (tertiary alicyclic amines) is 1. The van der Waals surface area contributed by atoms with E-state index in [1.807, 2.05) is 0 Å². The second-order valence-electron chi connectivity index (χ2n) is 6.69. The molecule has 0 aromatic rings. The lowest BCUT2D eigenvalue weighted by Gasteiger charge is -2.50. The first kappa shape index (κ1) is 15.3. The van der Waals surface area contributed by atoms with Crippen LogP contribution < -0.4 is 5.73 Å². The SMILES string of the molecule is CCCOC1CCCN(C2(CN)CCC(C)CC2)C1. The Hall–Kier alpha value is -0.120. The zero-order valence-electron chi connectivity index (χ0n) is 12.9. The number of piperidine rings is 1. The van der Waals surface area contributed by atoms with Crippen LogP contribution in [0.25, 0.3) is 0 Å². The summed E-state index contributed by atoms with van der Waals surface area (Å²) in [6, 6.07) is 0. The molecule has 2 aliphatic rings. The molecule has 1 aliphatic heterocycles. The fourth-order valence-electron chi connectivity index (χ4n) is 3.74. The second-order valence-corrected chi connectivity index (χ2v) is 6.69. The number of hydrogen-bond donors (Lipinski definition) is 1. The fourth-order valence-corrected chi connectivity index (χ4v) is 3.74. The molecule has 2 fully saturated rings. The van der Waals surface area contributed by atoms with E-state index in [0.717, 1.165) is 32.0 Å². The zero-order chi connectivity index (χ0) is 13.7. The van der Waals surface area contributed by atoms with Gasteiger partial charge in [0.15, 0.2) is 0 Å². The summed E-state index contributed by atoms with van der Waals surface area (Å²) in [5.74, 6) is 0.886. The van der Waals surface area contributed by atoms with Crippen LogP contribution in [0.15, 0.2) is 0 Å². The minimum atomic E-state index is 0.279. The van der Waals surface area contributed by atoms with Crippen molar-refractivity contribution in [1.82, 2.24) is 4.90 Å². The maximum Gasteiger partial charge on any atom is 0.0702 e. The molecule has 0 amide bonds. The number of nitrogens with zero attached hydrogens (tertiary/aromatic N) is 1. The smallest absolute Gasteiger partial charge is 0.0702 e. The quantitative estimate of drug-likeness (QED) is 0.833. The van der Waals surface area contributed by atoms with E-state index in [-0.39, 0.29) is 5.54 Å². The van der Waals surface area contributed by atoms with Crippen LogP contribution in [0.2, 0.25) is 0 Å². The molecule has 1 atom stereocenters. The van der Waals surface area contributed by atoms with E-state index in [1.165, 1.54) is 45.1 Å². The number of ether oxygens (including phenoxy) is 1. The average Bonchev–Trinajstić information content (AvgIpc) is 2.47. The molecule has 1 saturated carbocycles. The van der Waals surface area contributed by atoms with Crippen LogP contribution in [0.5, 0.6) is 0 Å². The maximum absolute atomic E-state index is 6.18. The summed E-state index contributed by atoms with van der Waals surface area (Å²) in [7, 11) is 0. The Morgan fingerprint density at radius 2 is 2.00 bits per heavy atom. The summed E-state index contributed by atoms with van der Waals surface area (Å²) in [4.78, 5) is 2.67. The Kier molecular flexibility index (Phi) is 5.67. The molecule has 1 saturated heterocycles. The molecule has 2 N–H and O–H groups in total. The summed E-state index contributed by atoms with van der Waals surface area (Å²) < 4.78 is 5.98. The van der Waals surface area contributed by atoms with Crippen molar-refractivity contribution in [1.29, 1.82) is 0 Å². The molecule has 3 heteroatoms. The van der Waals surface area contributed by atoms with E-state index in [1.54, 1.807) is 0 Å². The van der Waals surface area contributed by atoms with Crippen LogP contribution in [0.3, 0.4) is 0 Å². The van der Waals surface area contributed by atoms with Gasteiger partial charge < -0.3 is 10.5 Å². The van der Waals surface area contributed by atoms with Gasteiger partial charge in [0, 0.05) is 25.2 Å². The third-order valence-corrected chi connectivity index (χ3v) is 5.19. The Labute approximate surface area is 118 Å². The van der Waals surface area contributed by atoms with E-state index >= 15 is 0 Å². The maximum atomic E-state index is 6.18. The normalized spacial score (nSPS) is 37.4. The molecule has 0 spiro atoms. The number of hydrogen-bond acceptors (Lipinski definition) is 3. The number of nitrogens with two attached hydrogens (primary N) is 1. The first-order valence-corrected chi connectivity index (χ1v) is 8.27. The number of rotatable bonds is 5. The topological polar surface area (TPSA) is 38.5 Å². The van der Waals surface area contributed by atoms with Crippen molar-refractivity contribution in [2.75, 3.05) is 26.2 Å².